The molecule has 0 aromatic heterocycles. The summed E-state index contributed by atoms with van der Waals surface area (Å²) < 4.78 is 19.0. The molecule has 0 fully saturated rings. The first-order valence-electron chi connectivity index (χ1n) is 16.5. The fourth-order valence-electron chi connectivity index (χ4n) is 5.66. The van der Waals surface area contributed by atoms with Gasteiger partial charge >= 0.3 is 5.97 Å². The summed E-state index contributed by atoms with van der Waals surface area (Å²) in [6.45, 7) is 17.7. The van der Waals surface area contributed by atoms with E-state index in [-0.39, 0.29) is 22.7 Å². The van der Waals surface area contributed by atoms with Crippen molar-refractivity contribution < 1.29 is 38.8 Å². The van der Waals surface area contributed by atoms with Gasteiger partial charge in [-0.2, -0.15) is 0 Å². The summed E-state index contributed by atoms with van der Waals surface area (Å²) in [5, 5.41) is 20.6. The van der Waals surface area contributed by atoms with Crippen molar-refractivity contribution >= 4 is 24.1 Å². The number of Topliss-reactive ketones (excluding diaryl/α,β-unsaturated/α-hetero) is 1. The average molecular weight is 649 g/mol. The minimum absolute atomic E-state index is 0.0877. The Labute approximate surface area is 279 Å². The predicted octanol–water partition coefficient (Wildman–Crippen LogP) is 8.51. The van der Waals surface area contributed by atoms with E-state index >= 15 is 0 Å². The summed E-state index contributed by atoms with van der Waals surface area (Å²) in [6, 6.07) is 0. The number of phenols is 1. The third kappa shape index (κ3) is 9.80. The largest absolute Gasteiger partial charge is 0.506 e. The number of carbonyl (C=O) groups excluding carboxylic acids is 2. The minimum atomic E-state index is -0.958. The van der Waals surface area contributed by atoms with Gasteiger partial charge in [0.05, 0.1) is 17.8 Å². The highest BCUT2D eigenvalue weighted by atomic mass is 16.5. The number of fused-ring (bicyclic) bond motifs is 2. The molecule has 0 saturated heterocycles. The van der Waals surface area contributed by atoms with Crippen LogP contribution in [0.25, 0.3) is 6.08 Å². The number of aliphatic carboxylic acids is 1. The molecule has 3 atom stereocenters. The Kier molecular flexibility index (Phi) is 12.6. The zero-order valence-corrected chi connectivity index (χ0v) is 29.5. The Morgan fingerprint density at radius 2 is 1.77 bits per heavy atom. The van der Waals surface area contributed by atoms with Gasteiger partial charge in [-0.25, -0.2) is 4.79 Å². The molecule has 47 heavy (non-hydrogen) atoms. The van der Waals surface area contributed by atoms with Gasteiger partial charge in [0.15, 0.2) is 5.78 Å². The van der Waals surface area contributed by atoms with Crippen molar-refractivity contribution in [2.75, 3.05) is 6.61 Å². The number of aromatic hydroxyl groups is 1. The molecule has 0 aliphatic carbocycles. The smallest absolute Gasteiger partial charge is 0.330 e. The molecule has 2 aliphatic rings. The van der Waals surface area contributed by atoms with Crippen LogP contribution in [0.3, 0.4) is 0 Å². The molecule has 256 valence electrons. The molecule has 0 saturated carbocycles. The minimum Gasteiger partial charge on any atom is -0.506 e. The van der Waals surface area contributed by atoms with Crippen molar-refractivity contribution in [1.82, 2.24) is 0 Å². The van der Waals surface area contributed by atoms with Crippen LogP contribution < -0.4 is 9.47 Å². The van der Waals surface area contributed by atoms with Gasteiger partial charge in [-0.15, -0.1) is 0 Å². The molecule has 2 N–H and O–H groups in total. The number of benzene rings is 1. The topological polar surface area (TPSA) is 119 Å². The number of rotatable bonds is 15. The normalized spacial score (nSPS) is 20.4. The van der Waals surface area contributed by atoms with Gasteiger partial charge < -0.3 is 29.2 Å². The van der Waals surface area contributed by atoms with Crippen LogP contribution in [0.2, 0.25) is 0 Å². The van der Waals surface area contributed by atoms with E-state index in [9.17, 15) is 19.5 Å². The number of carbonyl (C=O) groups is 3. The summed E-state index contributed by atoms with van der Waals surface area (Å²) in [5.74, 6) is -1.25. The van der Waals surface area contributed by atoms with Crippen molar-refractivity contribution in [2.24, 2.45) is 5.92 Å². The van der Waals surface area contributed by atoms with Gasteiger partial charge in [-0.3, -0.25) is 4.79 Å². The number of phenolic OH excluding ortho intramolecular Hbond substituents is 1. The van der Waals surface area contributed by atoms with E-state index in [1.807, 2.05) is 46.8 Å². The number of carboxylic acid groups (broad SMARTS) is 1. The van der Waals surface area contributed by atoms with Gasteiger partial charge in [-0.05, 0) is 113 Å². The molecular formula is C39H52O8. The van der Waals surface area contributed by atoms with Gasteiger partial charge in [-0.1, -0.05) is 35.5 Å². The molecule has 3 rings (SSSR count). The molecule has 0 radical (unpaired) electrons. The highest BCUT2D eigenvalue weighted by Gasteiger charge is 2.40. The lowest BCUT2D eigenvalue weighted by Crippen LogP contribution is -2.34. The maximum absolute atomic E-state index is 14.1. The maximum atomic E-state index is 14.1. The lowest BCUT2D eigenvalue weighted by atomic mass is 9.85. The van der Waals surface area contributed by atoms with Crippen LogP contribution in [-0.2, 0) is 20.7 Å². The molecule has 8 nitrogen and oxygen atoms in total. The second-order valence-electron chi connectivity index (χ2n) is 14.0. The van der Waals surface area contributed by atoms with E-state index in [2.05, 4.69) is 26.0 Å². The van der Waals surface area contributed by atoms with Crippen LogP contribution in [-0.4, -0.2) is 52.2 Å². The van der Waals surface area contributed by atoms with Crippen LogP contribution in [0.1, 0.15) is 116 Å². The standard InChI is InChI=1S/C39H52O8/c1-24(2)12-10-18-39(9)20-17-29-33(41)32-34(42)31(27(6)46-36(32)30(35(29)47-39)15-14-25(3)4)22-28(23-40)16-19-38(7,8)45-21-11-13-26(5)37(43)44/h12-14,17,20,22-23,27-28,41H,10-11,15-16,18-19,21H2,1-9H3,(H,43,44)/b26-13+,31-22+/t27?,28?,39-/m0/s1. The number of carboxylic acids is 1. The lowest BCUT2D eigenvalue weighted by molar-refractivity contribution is -0.132. The molecule has 8 heteroatoms. The molecule has 1 aromatic carbocycles. The number of aldehydes is 1. The van der Waals surface area contributed by atoms with Crippen molar-refractivity contribution in [3.8, 4) is 17.2 Å². The Hall–Kier alpha value is -3.91. The summed E-state index contributed by atoms with van der Waals surface area (Å²) >= 11 is 0. The van der Waals surface area contributed by atoms with Crippen LogP contribution in [0, 0.1) is 5.92 Å². The molecule has 2 aliphatic heterocycles. The zero-order chi connectivity index (χ0) is 35.1. The molecule has 0 bridgehead atoms. The highest BCUT2D eigenvalue weighted by Crippen LogP contribution is 2.51. The Bertz CT molecular complexity index is 1510. The van der Waals surface area contributed by atoms with E-state index < -0.39 is 29.2 Å². The summed E-state index contributed by atoms with van der Waals surface area (Å²) in [5.41, 5.74) is 3.00. The second kappa shape index (κ2) is 15.8. The third-order valence-corrected chi connectivity index (χ3v) is 8.63. The number of ether oxygens (including phenoxy) is 3. The Balaban J connectivity index is 1.91. The Morgan fingerprint density at radius 1 is 1.09 bits per heavy atom. The van der Waals surface area contributed by atoms with Crippen molar-refractivity contribution in [1.29, 1.82) is 0 Å². The molecule has 0 spiro atoms. The van der Waals surface area contributed by atoms with Crippen LogP contribution in [0.5, 0.6) is 17.2 Å². The first-order valence-corrected chi connectivity index (χ1v) is 16.5. The maximum Gasteiger partial charge on any atom is 0.330 e. The first-order chi connectivity index (χ1) is 22.0. The van der Waals surface area contributed by atoms with E-state index in [4.69, 9.17) is 19.3 Å². The summed E-state index contributed by atoms with van der Waals surface area (Å²) in [7, 11) is 0. The van der Waals surface area contributed by atoms with Gasteiger partial charge in [0.25, 0.3) is 0 Å². The van der Waals surface area contributed by atoms with Crippen LogP contribution in [0.4, 0.5) is 0 Å². The fraction of sp³-hybridized carbons (Fsp3) is 0.513. The quantitative estimate of drug-likeness (QED) is 0.0841. The second-order valence-corrected chi connectivity index (χ2v) is 14.0. The molecular weight excluding hydrogens is 596 g/mol. The van der Waals surface area contributed by atoms with Crippen LogP contribution in [0.15, 0.2) is 52.7 Å². The van der Waals surface area contributed by atoms with Gasteiger partial charge in [0.1, 0.15) is 40.8 Å². The third-order valence-electron chi connectivity index (χ3n) is 8.63. The highest BCUT2D eigenvalue weighted by molar-refractivity contribution is 6.15. The summed E-state index contributed by atoms with van der Waals surface area (Å²) in [4.78, 5) is 37.3. The van der Waals surface area contributed by atoms with E-state index in [1.165, 1.54) is 12.5 Å². The molecule has 0 amide bonds. The number of hydrogen-bond acceptors (Lipinski definition) is 7. The number of ketones is 1. The molecule has 2 heterocycles. The monoisotopic (exact) mass is 648 g/mol. The van der Waals surface area contributed by atoms with Crippen molar-refractivity contribution in [3.05, 3.63) is 69.4 Å². The predicted molar refractivity (Wildman–Crippen MR) is 185 cm³/mol. The summed E-state index contributed by atoms with van der Waals surface area (Å²) in [6.07, 6.45) is 14.9. The fourth-order valence-corrected chi connectivity index (χ4v) is 5.66. The molecule has 1 aromatic rings. The van der Waals surface area contributed by atoms with E-state index in [0.29, 0.717) is 60.5 Å². The number of hydrogen-bond donors (Lipinski definition) is 2. The zero-order valence-electron chi connectivity index (χ0n) is 29.5. The van der Waals surface area contributed by atoms with Crippen molar-refractivity contribution in [2.45, 2.75) is 118 Å². The van der Waals surface area contributed by atoms with Gasteiger partial charge in [0, 0.05) is 22.6 Å². The molecule has 2 unspecified atom stereocenters. The lowest BCUT2D eigenvalue weighted by Gasteiger charge is -2.36. The van der Waals surface area contributed by atoms with E-state index in [1.54, 1.807) is 19.1 Å². The SMILES string of the molecule is CC(C)=CCC[C@@]1(C)C=Cc2c(O)c3c(c(CC=C(C)C)c2O1)OC(C)/C(=C\C(C=O)CCC(C)(C)OCC/C=C(\C)C(=O)O)C3=O. The first kappa shape index (κ1) is 37.5. The average Bonchev–Trinajstić information content (AvgIpc) is 2.98. The van der Waals surface area contributed by atoms with E-state index in [0.717, 1.165) is 24.7 Å². The van der Waals surface area contributed by atoms with Crippen LogP contribution >= 0.6 is 0 Å². The number of allylic oxidation sites excluding steroid dienone is 5. The van der Waals surface area contributed by atoms with Gasteiger partial charge in [0.2, 0.25) is 0 Å². The van der Waals surface area contributed by atoms with Crippen molar-refractivity contribution in [3.63, 3.8) is 0 Å². The Morgan fingerprint density at radius 3 is 2.38 bits per heavy atom.